The van der Waals surface area contributed by atoms with Crippen LogP contribution < -0.4 is 0 Å². The van der Waals surface area contributed by atoms with Crippen LogP contribution in [0.5, 0.6) is 0 Å². The van der Waals surface area contributed by atoms with Crippen LogP contribution in [0.25, 0.3) is 21.8 Å². The third-order valence-corrected chi connectivity index (χ3v) is 5.35. The van der Waals surface area contributed by atoms with Crippen LogP contribution in [0.4, 0.5) is 0 Å². The lowest BCUT2D eigenvalue weighted by Gasteiger charge is -2.13. The van der Waals surface area contributed by atoms with Crippen molar-refractivity contribution >= 4 is 27.6 Å². The monoisotopic (exact) mass is 344 g/mol. The molecule has 2 N–H and O–H groups in total. The highest BCUT2D eigenvalue weighted by molar-refractivity contribution is 5.87. The zero-order valence-corrected chi connectivity index (χ0v) is 15.5. The second kappa shape index (κ2) is 6.49. The summed E-state index contributed by atoms with van der Waals surface area (Å²) in [5.74, 6) is 0.225. The SMILES string of the molecule is CC(=O)C(Cc1c[nH]c2ccc(C)cc12)Cc1c[nH]c2ccc(C)cc12. The summed E-state index contributed by atoms with van der Waals surface area (Å²) in [6.07, 6.45) is 5.63. The van der Waals surface area contributed by atoms with Crippen molar-refractivity contribution in [3.8, 4) is 0 Å². The first-order valence-corrected chi connectivity index (χ1v) is 9.15. The Morgan fingerprint density at radius 3 is 1.73 bits per heavy atom. The first kappa shape index (κ1) is 16.6. The van der Waals surface area contributed by atoms with Crippen molar-refractivity contribution in [3.63, 3.8) is 0 Å². The highest BCUT2D eigenvalue weighted by Gasteiger charge is 2.19. The normalized spacial score (nSPS) is 11.7. The average Bonchev–Trinajstić information content (AvgIpc) is 3.18. The summed E-state index contributed by atoms with van der Waals surface area (Å²) < 4.78 is 0. The number of ketones is 1. The molecule has 0 unspecified atom stereocenters. The number of aryl methyl sites for hydroxylation is 2. The Balaban J connectivity index is 1.66. The number of hydrogen-bond acceptors (Lipinski definition) is 1. The number of carbonyl (C=O) groups is 1. The topological polar surface area (TPSA) is 48.6 Å². The lowest BCUT2D eigenvalue weighted by molar-refractivity contribution is -0.120. The zero-order chi connectivity index (χ0) is 18.3. The Bertz CT molecular complexity index is 1020. The molecule has 0 bridgehead atoms. The van der Waals surface area contributed by atoms with Crippen molar-refractivity contribution in [2.75, 3.05) is 0 Å². The summed E-state index contributed by atoms with van der Waals surface area (Å²) in [4.78, 5) is 19.1. The lowest BCUT2D eigenvalue weighted by atomic mass is 9.89. The van der Waals surface area contributed by atoms with E-state index in [0.717, 1.165) is 23.9 Å². The molecule has 2 aromatic carbocycles. The predicted molar refractivity (Wildman–Crippen MR) is 108 cm³/mol. The highest BCUT2D eigenvalue weighted by atomic mass is 16.1. The number of fused-ring (bicyclic) bond motifs is 2. The lowest BCUT2D eigenvalue weighted by Crippen LogP contribution is -2.16. The Morgan fingerprint density at radius 2 is 1.31 bits per heavy atom. The standard InChI is InChI=1S/C23H24N2O/c1-14-4-6-22-20(8-14)18(12-24-22)10-17(16(3)26)11-19-13-25-23-7-5-15(2)9-21(19)23/h4-9,12-13,17,24-25H,10-11H2,1-3H3. The first-order chi connectivity index (χ1) is 12.5. The molecular weight excluding hydrogens is 320 g/mol. The number of aromatic amines is 2. The number of nitrogens with one attached hydrogen (secondary N) is 2. The molecule has 0 amide bonds. The Hall–Kier alpha value is -2.81. The number of aromatic nitrogens is 2. The maximum Gasteiger partial charge on any atom is 0.133 e. The van der Waals surface area contributed by atoms with Gasteiger partial charge in [-0.2, -0.15) is 0 Å². The van der Waals surface area contributed by atoms with E-state index >= 15 is 0 Å². The van der Waals surface area contributed by atoms with Gasteiger partial charge in [0.1, 0.15) is 5.78 Å². The Labute approximate surface area is 153 Å². The van der Waals surface area contributed by atoms with E-state index < -0.39 is 0 Å². The van der Waals surface area contributed by atoms with Crippen LogP contribution >= 0.6 is 0 Å². The van der Waals surface area contributed by atoms with Crippen molar-refractivity contribution < 1.29 is 4.79 Å². The largest absolute Gasteiger partial charge is 0.361 e. The van der Waals surface area contributed by atoms with Gasteiger partial charge >= 0.3 is 0 Å². The fourth-order valence-corrected chi connectivity index (χ4v) is 3.81. The average molecular weight is 344 g/mol. The molecule has 0 aliphatic carbocycles. The van der Waals surface area contributed by atoms with Gasteiger partial charge in [-0.3, -0.25) is 4.79 Å². The van der Waals surface area contributed by atoms with Crippen LogP contribution in [0, 0.1) is 19.8 Å². The number of Topliss-reactive ketones (excluding diaryl/α,β-unsaturated/α-hetero) is 1. The third-order valence-electron chi connectivity index (χ3n) is 5.35. The molecule has 4 aromatic rings. The minimum atomic E-state index is -0.0194. The van der Waals surface area contributed by atoms with Crippen molar-refractivity contribution in [2.45, 2.75) is 33.6 Å². The Kier molecular flexibility index (Phi) is 4.15. The summed E-state index contributed by atoms with van der Waals surface area (Å²) >= 11 is 0. The van der Waals surface area contributed by atoms with Gasteiger partial charge < -0.3 is 9.97 Å². The molecule has 132 valence electrons. The number of rotatable bonds is 5. The van der Waals surface area contributed by atoms with Crippen LogP contribution in [0.3, 0.4) is 0 Å². The molecule has 0 fully saturated rings. The molecular formula is C23H24N2O. The van der Waals surface area contributed by atoms with E-state index in [1.807, 2.05) is 0 Å². The quantitative estimate of drug-likeness (QED) is 0.510. The molecule has 0 atom stereocenters. The summed E-state index contributed by atoms with van der Waals surface area (Å²) in [7, 11) is 0. The van der Waals surface area contributed by atoms with Gasteiger partial charge in [-0.1, -0.05) is 23.3 Å². The summed E-state index contributed by atoms with van der Waals surface area (Å²) in [6, 6.07) is 12.8. The smallest absolute Gasteiger partial charge is 0.133 e. The van der Waals surface area contributed by atoms with Gasteiger partial charge in [-0.25, -0.2) is 0 Å². The van der Waals surface area contributed by atoms with Gasteiger partial charge in [-0.05, 0) is 69.0 Å². The van der Waals surface area contributed by atoms with Crippen LogP contribution in [0.15, 0.2) is 48.8 Å². The van der Waals surface area contributed by atoms with Gasteiger partial charge in [0.15, 0.2) is 0 Å². The van der Waals surface area contributed by atoms with Gasteiger partial charge in [0.2, 0.25) is 0 Å². The van der Waals surface area contributed by atoms with Crippen molar-refractivity contribution in [2.24, 2.45) is 5.92 Å². The zero-order valence-electron chi connectivity index (χ0n) is 15.5. The number of carbonyl (C=O) groups excluding carboxylic acids is 1. The van der Waals surface area contributed by atoms with Gasteiger partial charge in [0, 0.05) is 40.1 Å². The van der Waals surface area contributed by atoms with Gasteiger partial charge in [0.05, 0.1) is 0 Å². The van der Waals surface area contributed by atoms with E-state index in [9.17, 15) is 4.79 Å². The van der Waals surface area contributed by atoms with E-state index in [1.165, 1.54) is 33.0 Å². The fraction of sp³-hybridized carbons (Fsp3) is 0.261. The van der Waals surface area contributed by atoms with Gasteiger partial charge in [0.25, 0.3) is 0 Å². The highest BCUT2D eigenvalue weighted by Crippen LogP contribution is 2.27. The molecule has 2 aromatic heterocycles. The van der Waals surface area contributed by atoms with Gasteiger partial charge in [-0.15, -0.1) is 0 Å². The van der Waals surface area contributed by atoms with E-state index in [0.29, 0.717) is 0 Å². The minimum Gasteiger partial charge on any atom is -0.361 e. The second-order valence-corrected chi connectivity index (χ2v) is 7.44. The molecule has 4 rings (SSSR count). The molecule has 0 aliphatic rings. The van der Waals surface area contributed by atoms with E-state index in [1.54, 1.807) is 6.92 Å². The first-order valence-electron chi connectivity index (χ1n) is 9.15. The molecule has 0 spiro atoms. The predicted octanol–water partition coefficient (Wildman–Crippen LogP) is 5.26. The maximum atomic E-state index is 12.4. The molecule has 3 nitrogen and oxygen atoms in total. The molecule has 2 heterocycles. The summed E-state index contributed by atoms with van der Waals surface area (Å²) in [6.45, 7) is 5.92. The van der Waals surface area contributed by atoms with Crippen LogP contribution in [0.2, 0.25) is 0 Å². The van der Waals surface area contributed by atoms with Crippen LogP contribution in [0.1, 0.15) is 29.2 Å². The number of benzene rings is 2. The van der Waals surface area contributed by atoms with Crippen molar-refractivity contribution in [3.05, 3.63) is 71.0 Å². The van der Waals surface area contributed by atoms with Crippen molar-refractivity contribution in [1.29, 1.82) is 0 Å². The third kappa shape index (κ3) is 3.05. The van der Waals surface area contributed by atoms with E-state index in [4.69, 9.17) is 0 Å². The van der Waals surface area contributed by atoms with Crippen LogP contribution in [-0.4, -0.2) is 15.8 Å². The summed E-state index contributed by atoms with van der Waals surface area (Å²) in [5, 5.41) is 2.46. The molecule has 3 heteroatoms. The minimum absolute atomic E-state index is 0.0194. The maximum absolute atomic E-state index is 12.4. The molecule has 0 aliphatic heterocycles. The number of hydrogen-bond donors (Lipinski definition) is 2. The fourth-order valence-electron chi connectivity index (χ4n) is 3.81. The molecule has 0 radical (unpaired) electrons. The summed E-state index contributed by atoms with van der Waals surface area (Å²) in [5.41, 5.74) is 7.20. The second-order valence-electron chi connectivity index (χ2n) is 7.44. The van der Waals surface area contributed by atoms with E-state index in [-0.39, 0.29) is 11.7 Å². The molecule has 0 saturated carbocycles. The molecule has 0 saturated heterocycles. The Morgan fingerprint density at radius 1 is 0.846 bits per heavy atom. The number of H-pyrrole nitrogens is 2. The molecule has 26 heavy (non-hydrogen) atoms. The van der Waals surface area contributed by atoms with Crippen molar-refractivity contribution in [1.82, 2.24) is 9.97 Å². The van der Waals surface area contributed by atoms with E-state index in [2.05, 4.69) is 72.6 Å². The van der Waals surface area contributed by atoms with Crippen LogP contribution in [-0.2, 0) is 17.6 Å².